The summed E-state index contributed by atoms with van der Waals surface area (Å²) in [6.45, 7) is 0. The van der Waals surface area contributed by atoms with Crippen LogP contribution >= 0.6 is 0 Å². The molecule has 2 rings (SSSR count). The lowest BCUT2D eigenvalue weighted by atomic mass is 10.1. The summed E-state index contributed by atoms with van der Waals surface area (Å²) in [6, 6.07) is 8.41. The van der Waals surface area contributed by atoms with E-state index in [1.54, 1.807) is 30.5 Å². The number of phenols is 1. The van der Waals surface area contributed by atoms with Gasteiger partial charge < -0.3 is 19.9 Å². The highest BCUT2D eigenvalue weighted by atomic mass is 16.5. The van der Waals surface area contributed by atoms with E-state index in [1.807, 2.05) is 0 Å². The first-order valence-corrected chi connectivity index (χ1v) is 7.20. The Morgan fingerprint density at radius 2 is 2.04 bits per heavy atom. The summed E-state index contributed by atoms with van der Waals surface area (Å²) in [7, 11) is 2.76. The van der Waals surface area contributed by atoms with Gasteiger partial charge in [0.1, 0.15) is 11.8 Å². The summed E-state index contributed by atoms with van der Waals surface area (Å²) >= 11 is 0. The number of carbonyl (C=O) groups is 2. The van der Waals surface area contributed by atoms with Crippen LogP contribution < -0.4 is 10.1 Å². The number of rotatable bonds is 6. The van der Waals surface area contributed by atoms with Gasteiger partial charge in [0, 0.05) is 24.2 Å². The molecule has 0 unspecified atom stereocenters. The molecule has 0 aliphatic rings. The van der Waals surface area contributed by atoms with Crippen molar-refractivity contribution in [2.45, 2.75) is 12.5 Å². The fourth-order valence-electron chi connectivity index (χ4n) is 2.11. The number of hydrogen-bond acceptors (Lipinski definition) is 6. The van der Waals surface area contributed by atoms with Gasteiger partial charge in [-0.15, -0.1) is 0 Å². The number of methoxy groups -OCH3 is 2. The van der Waals surface area contributed by atoms with Crippen LogP contribution in [0.4, 0.5) is 0 Å². The van der Waals surface area contributed by atoms with Crippen LogP contribution in [0.5, 0.6) is 11.6 Å². The molecule has 0 saturated carbocycles. The maximum atomic E-state index is 12.3. The minimum absolute atomic E-state index is 0.0309. The number of nitrogens with zero attached hydrogens (tertiary/aromatic N) is 1. The van der Waals surface area contributed by atoms with Crippen LogP contribution in [0.2, 0.25) is 0 Å². The number of pyridine rings is 1. The van der Waals surface area contributed by atoms with Crippen molar-refractivity contribution in [1.82, 2.24) is 10.3 Å². The number of carbonyl (C=O) groups excluding carboxylic acids is 2. The smallest absolute Gasteiger partial charge is 0.328 e. The van der Waals surface area contributed by atoms with E-state index in [9.17, 15) is 14.7 Å². The van der Waals surface area contributed by atoms with E-state index in [-0.39, 0.29) is 17.7 Å². The molecule has 0 bridgehead atoms. The van der Waals surface area contributed by atoms with Gasteiger partial charge in [-0.25, -0.2) is 9.78 Å². The molecule has 0 spiro atoms. The van der Waals surface area contributed by atoms with Gasteiger partial charge in [0.25, 0.3) is 5.91 Å². The molecular weight excluding hydrogens is 312 g/mol. The van der Waals surface area contributed by atoms with E-state index in [4.69, 9.17) is 9.47 Å². The van der Waals surface area contributed by atoms with Crippen molar-refractivity contribution < 1.29 is 24.2 Å². The molecule has 7 heteroatoms. The summed E-state index contributed by atoms with van der Waals surface area (Å²) in [6.07, 6.45) is 1.78. The molecule has 1 aromatic carbocycles. The van der Waals surface area contributed by atoms with Crippen molar-refractivity contribution >= 4 is 11.9 Å². The Balaban J connectivity index is 2.12. The maximum absolute atomic E-state index is 12.3. The number of phenolic OH excluding ortho intramolecular Hbond substituents is 1. The normalized spacial score (nSPS) is 11.4. The third kappa shape index (κ3) is 4.45. The molecule has 0 aliphatic heterocycles. The zero-order chi connectivity index (χ0) is 17.5. The van der Waals surface area contributed by atoms with Gasteiger partial charge in [0.05, 0.1) is 14.2 Å². The van der Waals surface area contributed by atoms with Crippen LogP contribution in [0.3, 0.4) is 0 Å². The Bertz CT molecular complexity index is 715. The van der Waals surface area contributed by atoms with E-state index in [2.05, 4.69) is 10.3 Å². The second kappa shape index (κ2) is 7.96. The molecule has 126 valence electrons. The number of hydrogen-bond donors (Lipinski definition) is 2. The second-order valence-electron chi connectivity index (χ2n) is 5.01. The third-order valence-electron chi connectivity index (χ3n) is 3.35. The molecule has 24 heavy (non-hydrogen) atoms. The summed E-state index contributed by atoms with van der Waals surface area (Å²) in [5.41, 5.74) is 0.985. The number of aromatic nitrogens is 1. The summed E-state index contributed by atoms with van der Waals surface area (Å²) in [5, 5.41) is 12.0. The van der Waals surface area contributed by atoms with E-state index in [1.165, 1.54) is 26.4 Å². The standard InChI is InChI=1S/C17H18N2O5/c1-23-15-7-6-11(10-18-15)8-14(17(22)24-2)19-16(21)12-4-3-5-13(20)9-12/h3-7,9-10,14,20H,8H2,1-2H3,(H,19,21)/t14-/m0/s1. The van der Waals surface area contributed by atoms with Crippen molar-refractivity contribution in [3.8, 4) is 11.6 Å². The Morgan fingerprint density at radius 3 is 2.62 bits per heavy atom. The lowest BCUT2D eigenvalue weighted by Crippen LogP contribution is -2.43. The second-order valence-corrected chi connectivity index (χ2v) is 5.01. The average molecular weight is 330 g/mol. The Morgan fingerprint density at radius 1 is 1.25 bits per heavy atom. The molecule has 2 N–H and O–H groups in total. The summed E-state index contributed by atoms with van der Waals surface area (Å²) in [4.78, 5) is 28.3. The van der Waals surface area contributed by atoms with Crippen LogP contribution in [0.15, 0.2) is 42.6 Å². The molecule has 1 amide bonds. The largest absolute Gasteiger partial charge is 0.508 e. The van der Waals surface area contributed by atoms with E-state index in [0.29, 0.717) is 5.88 Å². The first kappa shape index (κ1) is 17.3. The predicted molar refractivity (Wildman–Crippen MR) is 85.9 cm³/mol. The highest BCUT2D eigenvalue weighted by Crippen LogP contribution is 2.13. The van der Waals surface area contributed by atoms with Gasteiger partial charge in [-0.3, -0.25) is 4.79 Å². The molecular formula is C17H18N2O5. The monoisotopic (exact) mass is 330 g/mol. The predicted octanol–water partition coefficient (Wildman–Crippen LogP) is 1.31. The SMILES string of the molecule is COC(=O)[C@H](Cc1ccc(OC)nc1)NC(=O)c1cccc(O)c1. The number of amides is 1. The number of nitrogens with one attached hydrogen (secondary N) is 1. The molecule has 1 aromatic heterocycles. The average Bonchev–Trinajstić information content (AvgIpc) is 2.61. The maximum Gasteiger partial charge on any atom is 0.328 e. The Labute approximate surface area is 139 Å². The number of benzene rings is 1. The van der Waals surface area contributed by atoms with Gasteiger partial charge in [-0.1, -0.05) is 12.1 Å². The van der Waals surface area contributed by atoms with Crippen molar-refractivity contribution in [2.75, 3.05) is 14.2 Å². The van der Waals surface area contributed by atoms with Crippen molar-refractivity contribution in [3.63, 3.8) is 0 Å². The van der Waals surface area contributed by atoms with Gasteiger partial charge in [-0.2, -0.15) is 0 Å². The fraction of sp³-hybridized carbons (Fsp3) is 0.235. The van der Waals surface area contributed by atoms with E-state index >= 15 is 0 Å². The molecule has 0 fully saturated rings. The van der Waals surface area contributed by atoms with E-state index in [0.717, 1.165) is 5.56 Å². The quantitative estimate of drug-likeness (QED) is 0.775. The van der Waals surface area contributed by atoms with Crippen molar-refractivity contribution in [3.05, 3.63) is 53.7 Å². The molecule has 0 aliphatic carbocycles. The van der Waals surface area contributed by atoms with E-state index < -0.39 is 17.9 Å². The van der Waals surface area contributed by atoms with Crippen LogP contribution in [0.1, 0.15) is 15.9 Å². The van der Waals surface area contributed by atoms with Gasteiger partial charge in [-0.05, 0) is 23.8 Å². The fourth-order valence-corrected chi connectivity index (χ4v) is 2.11. The van der Waals surface area contributed by atoms with Crippen LogP contribution in [-0.2, 0) is 16.0 Å². The lowest BCUT2D eigenvalue weighted by molar-refractivity contribution is -0.142. The minimum Gasteiger partial charge on any atom is -0.508 e. The first-order chi connectivity index (χ1) is 11.5. The molecule has 1 atom stereocenters. The van der Waals surface area contributed by atoms with Gasteiger partial charge in [0.15, 0.2) is 0 Å². The molecule has 7 nitrogen and oxygen atoms in total. The molecule has 2 aromatic rings. The Hall–Kier alpha value is -3.09. The van der Waals surface area contributed by atoms with Crippen LogP contribution in [-0.4, -0.2) is 42.2 Å². The van der Waals surface area contributed by atoms with Gasteiger partial charge in [0.2, 0.25) is 5.88 Å². The summed E-state index contributed by atoms with van der Waals surface area (Å²) < 4.78 is 9.72. The van der Waals surface area contributed by atoms with Crippen LogP contribution in [0.25, 0.3) is 0 Å². The highest BCUT2D eigenvalue weighted by Gasteiger charge is 2.23. The number of ether oxygens (including phenoxy) is 2. The topological polar surface area (TPSA) is 97.8 Å². The first-order valence-electron chi connectivity index (χ1n) is 7.20. The van der Waals surface area contributed by atoms with Crippen molar-refractivity contribution in [1.29, 1.82) is 0 Å². The Kier molecular flexibility index (Phi) is 5.73. The molecule has 0 saturated heterocycles. The minimum atomic E-state index is -0.875. The van der Waals surface area contributed by atoms with Crippen LogP contribution in [0, 0.1) is 0 Å². The lowest BCUT2D eigenvalue weighted by Gasteiger charge is -2.16. The van der Waals surface area contributed by atoms with Gasteiger partial charge >= 0.3 is 5.97 Å². The number of aromatic hydroxyl groups is 1. The number of esters is 1. The third-order valence-corrected chi connectivity index (χ3v) is 3.35. The highest BCUT2D eigenvalue weighted by molar-refractivity contribution is 5.97. The zero-order valence-electron chi connectivity index (χ0n) is 13.4. The molecule has 0 radical (unpaired) electrons. The van der Waals surface area contributed by atoms with Crippen molar-refractivity contribution in [2.24, 2.45) is 0 Å². The summed E-state index contributed by atoms with van der Waals surface area (Å²) in [5.74, 6) is -0.629. The zero-order valence-corrected chi connectivity index (χ0v) is 13.4. The molecule has 1 heterocycles.